The summed E-state index contributed by atoms with van der Waals surface area (Å²) in [5.74, 6) is 0.941. The van der Waals surface area contributed by atoms with Gasteiger partial charge in [-0.2, -0.15) is 10.2 Å². The minimum Gasteiger partial charge on any atom is -0.339 e. The van der Waals surface area contributed by atoms with Crippen LogP contribution in [0.15, 0.2) is 17.2 Å². The van der Waals surface area contributed by atoms with Gasteiger partial charge in [-0.1, -0.05) is 0 Å². The highest BCUT2D eigenvalue weighted by molar-refractivity contribution is 5.93. The fraction of sp³-hybridized carbons (Fsp3) is 0.571. The predicted molar refractivity (Wildman–Crippen MR) is 77.6 cm³/mol. The maximum absolute atomic E-state index is 12.5. The molecule has 8 nitrogen and oxygen atoms in total. The molecule has 3 heterocycles. The Labute approximate surface area is 126 Å². The van der Waals surface area contributed by atoms with E-state index in [-0.39, 0.29) is 17.5 Å². The van der Waals surface area contributed by atoms with Crippen LogP contribution in [0.25, 0.3) is 0 Å². The number of H-pyrrole nitrogens is 2. The minimum absolute atomic E-state index is 0.0425. The molecule has 22 heavy (non-hydrogen) atoms. The standard InChI is InChI=1S/C14H18N6O2/c21-13(10-7-15-20(8-10)11-1-2-11)19-5-3-9(4-6-19)12-16-14(22)18-17-12/h7-9,11H,1-6H2,(H2,16,17,18,22). The first kappa shape index (κ1) is 13.3. The van der Waals surface area contributed by atoms with Crippen LogP contribution >= 0.6 is 0 Å². The van der Waals surface area contributed by atoms with Crippen molar-refractivity contribution in [3.05, 3.63) is 34.3 Å². The Hall–Kier alpha value is -2.38. The van der Waals surface area contributed by atoms with E-state index in [1.54, 1.807) is 6.20 Å². The van der Waals surface area contributed by atoms with E-state index in [2.05, 4.69) is 20.3 Å². The fourth-order valence-electron chi connectivity index (χ4n) is 3.00. The van der Waals surface area contributed by atoms with Crippen LogP contribution in [0, 0.1) is 0 Å². The van der Waals surface area contributed by atoms with Crippen molar-refractivity contribution in [1.82, 2.24) is 29.9 Å². The normalized spacial score (nSPS) is 19.5. The van der Waals surface area contributed by atoms with Crippen LogP contribution in [0.1, 0.15) is 53.8 Å². The number of hydrogen-bond donors (Lipinski definition) is 2. The molecule has 0 atom stereocenters. The van der Waals surface area contributed by atoms with Gasteiger partial charge in [-0.05, 0) is 25.7 Å². The van der Waals surface area contributed by atoms with E-state index in [1.165, 1.54) is 0 Å². The van der Waals surface area contributed by atoms with Gasteiger partial charge in [-0.3, -0.25) is 14.5 Å². The molecule has 4 rings (SSSR count). The molecular weight excluding hydrogens is 284 g/mol. The van der Waals surface area contributed by atoms with Gasteiger partial charge >= 0.3 is 5.69 Å². The molecule has 2 N–H and O–H groups in total. The molecule has 2 aliphatic rings. The Morgan fingerprint density at radius 1 is 1.23 bits per heavy atom. The van der Waals surface area contributed by atoms with Gasteiger partial charge < -0.3 is 4.90 Å². The number of carbonyl (C=O) groups excluding carboxylic acids is 1. The number of rotatable bonds is 3. The monoisotopic (exact) mass is 302 g/mol. The molecule has 2 aromatic rings. The summed E-state index contributed by atoms with van der Waals surface area (Å²) in [7, 11) is 0. The number of likely N-dealkylation sites (tertiary alicyclic amines) is 1. The van der Waals surface area contributed by atoms with Gasteiger partial charge in [-0.25, -0.2) is 9.89 Å². The first-order chi connectivity index (χ1) is 10.7. The summed E-state index contributed by atoms with van der Waals surface area (Å²) in [4.78, 5) is 28.2. The van der Waals surface area contributed by atoms with Gasteiger partial charge in [0.25, 0.3) is 5.91 Å². The molecule has 0 unspecified atom stereocenters. The molecule has 1 aliphatic carbocycles. The molecular formula is C14H18N6O2. The number of nitrogens with zero attached hydrogens (tertiary/aromatic N) is 4. The molecule has 1 saturated carbocycles. The fourth-order valence-corrected chi connectivity index (χ4v) is 3.00. The van der Waals surface area contributed by atoms with E-state index in [9.17, 15) is 9.59 Å². The minimum atomic E-state index is -0.277. The smallest absolute Gasteiger partial charge is 0.339 e. The summed E-state index contributed by atoms with van der Waals surface area (Å²) in [6.07, 6.45) is 7.45. The number of amides is 1. The average molecular weight is 302 g/mol. The number of nitrogens with one attached hydrogen (secondary N) is 2. The number of carbonyl (C=O) groups is 1. The second-order valence-electron chi connectivity index (χ2n) is 6.07. The summed E-state index contributed by atoms with van der Waals surface area (Å²) in [5.41, 5.74) is 0.388. The largest absolute Gasteiger partial charge is 0.340 e. The van der Waals surface area contributed by atoms with Crippen LogP contribution in [0.2, 0.25) is 0 Å². The van der Waals surface area contributed by atoms with Crippen molar-refractivity contribution < 1.29 is 4.79 Å². The van der Waals surface area contributed by atoms with Gasteiger partial charge in [0, 0.05) is 25.2 Å². The van der Waals surface area contributed by atoms with E-state index < -0.39 is 0 Å². The molecule has 2 aromatic heterocycles. The average Bonchev–Trinajstić information content (AvgIpc) is 3.11. The highest BCUT2D eigenvalue weighted by atomic mass is 16.2. The topological polar surface area (TPSA) is 99.7 Å². The molecule has 2 fully saturated rings. The lowest BCUT2D eigenvalue weighted by Crippen LogP contribution is -2.38. The predicted octanol–water partition coefficient (Wildman–Crippen LogP) is 0.649. The van der Waals surface area contributed by atoms with E-state index in [4.69, 9.17) is 0 Å². The SMILES string of the molecule is O=C(c1cnn(C2CC2)c1)N1CCC(c2n[nH]c(=O)[nH]2)CC1. The maximum atomic E-state index is 12.5. The van der Waals surface area contributed by atoms with Gasteiger partial charge in [0.15, 0.2) is 0 Å². The van der Waals surface area contributed by atoms with Crippen molar-refractivity contribution in [2.45, 2.75) is 37.6 Å². The second-order valence-corrected chi connectivity index (χ2v) is 6.07. The third-order valence-corrected chi connectivity index (χ3v) is 4.46. The molecule has 0 aromatic carbocycles. The summed E-state index contributed by atoms with van der Waals surface area (Å²) >= 11 is 0. The lowest BCUT2D eigenvalue weighted by Gasteiger charge is -2.30. The lowest BCUT2D eigenvalue weighted by atomic mass is 9.96. The summed E-state index contributed by atoms with van der Waals surface area (Å²) in [6, 6.07) is 0.490. The van der Waals surface area contributed by atoms with Crippen molar-refractivity contribution in [3.8, 4) is 0 Å². The summed E-state index contributed by atoms with van der Waals surface area (Å²) in [5, 5.41) is 10.7. The van der Waals surface area contributed by atoms with Gasteiger partial charge in [0.2, 0.25) is 0 Å². The zero-order valence-corrected chi connectivity index (χ0v) is 12.2. The van der Waals surface area contributed by atoms with Crippen LogP contribution < -0.4 is 5.69 Å². The van der Waals surface area contributed by atoms with E-state index in [0.29, 0.717) is 30.5 Å². The van der Waals surface area contributed by atoms with Crippen LogP contribution in [0.5, 0.6) is 0 Å². The van der Waals surface area contributed by atoms with Crippen LogP contribution in [0.3, 0.4) is 0 Å². The number of aromatic amines is 2. The number of aromatic nitrogens is 5. The third-order valence-electron chi connectivity index (χ3n) is 4.46. The highest BCUT2D eigenvalue weighted by Crippen LogP contribution is 2.34. The van der Waals surface area contributed by atoms with Gasteiger partial charge in [0.1, 0.15) is 5.82 Å². The molecule has 8 heteroatoms. The number of piperidine rings is 1. The van der Waals surface area contributed by atoms with Crippen molar-refractivity contribution in [3.63, 3.8) is 0 Å². The zero-order chi connectivity index (χ0) is 15.1. The van der Waals surface area contributed by atoms with E-state index in [1.807, 2.05) is 15.8 Å². The van der Waals surface area contributed by atoms with E-state index in [0.717, 1.165) is 25.7 Å². The van der Waals surface area contributed by atoms with Crippen molar-refractivity contribution >= 4 is 5.91 Å². The Bertz CT molecular complexity index is 732. The highest BCUT2D eigenvalue weighted by Gasteiger charge is 2.29. The molecule has 1 amide bonds. The van der Waals surface area contributed by atoms with Gasteiger partial charge in [0.05, 0.1) is 17.8 Å². The Morgan fingerprint density at radius 2 is 2.00 bits per heavy atom. The zero-order valence-electron chi connectivity index (χ0n) is 12.2. The molecule has 1 aliphatic heterocycles. The first-order valence-corrected chi connectivity index (χ1v) is 7.69. The third kappa shape index (κ3) is 2.44. The Kier molecular flexibility index (Phi) is 3.09. The molecule has 0 radical (unpaired) electrons. The van der Waals surface area contributed by atoms with Crippen LogP contribution in [-0.2, 0) is 0 Å². The molecule has 1 saturated heterocycles. The second kappa shape index (κ2) is 5.11. The molecule has 116 valence electrons. The maximum Gasteiger partial charge on any atom is 0.340 e. The van der Waals surface area contributed by atoms with Crippen LogP contribution in [-0.4, -0.2) is 48.9 Å². The Balaban J connectivity index is 1.39. The van der Waals surface area contributed by atoms with Crippen LogP contribution in [0.4, 0.5) is 0 Å². The van der Waals surface area contributed by atoms with E-state index >= 15 is 0 Å². The van der Waals surface area contributed by atoms with Crippen molar-refractivity contribution in [1.29, 1.82) is 0 Å². The van der Waals surface area contributed by atoms with Crippen molar-refractivity contribution in [2.24, 2.45) is 0 Å². The summed E-state index contributed by atoms with van der Waals surface area (Å²) in [6.45, 7) is 1.35. The molecule has 0 bridgehead atoms. The summed E-state index contributed by atoms with van der Waals surface area (Å²) < 4.78 is 1.90. The quantitative estimate of drug-likeness (QED) is 0.869. The first-order valence-electron chi connectivity index (χ1n) is 7.69. The molecule has 0 spiro atoms. The lowest BCUT2D eigenvalue weighted by molar-refractivity contribution is 0.0711. The van der Waals surface area contributed by atoms with Gasteiger partial charge in [-0.15, -0.1) is 0 Å². The number of hydrogen-bond acceptors (Lipinski definition) is 4. The Morgan fingerprint density at radius 3 is 2.64 bits per heavy atom. The van der Waals surface area contributed by atoms with Crippen molar-refractivity contribution in [2.75, 3.05) is 13.1 Å².